The normalized spacial score (nSPS) is 11.8. The van der Waals surface area contributed by atoms with Crippen LogP contribution < -0.4 is 0 Å². The highest BCUT2D eigenvalue weighted by atomic mass is 16.3. The lowest BCUT2D eigenvalue weighted by molar-refractivity contribution is 0.664. The lowest BCUT2D eigenvalue weighted by Gasteiger charge is -2.11. The lowest BCUT2D eigenvalue weighted by Crippen LogP contribution is -2.06. The van der Waals surface area contributed by atoms with Gasteiger partial charge in [0.2, 0.25) is 5.95 Å². The first kappa shape index (κ1) is 25.5. The van der Waals surface area contributed by atoms with Crippen LogP contribution in [0.3, 0.4) is 0 Å². The Bertz CT molecular complexity index is 2910. The van der Waals surface area contributed by atoms with Gasteiger partial charge in [-0.25, -0.2) is 4.98 Å². The fraction of sp³-hybridized carbons (Fsp3) is 0. The molecule has 4 heterocycles. The van der Waals surface area contributed by atoms with Crippen molar-refractivity contribution < 1.29 is 8.83 Å². The van der Waals surface area contributed by atoms with E-state index in [0.29, 0.717) is 28.7 Å². The Labute approximate surface area is 266 Å². The number of benzene rings is 6. The van der Waals surface area contributed by atoms with Crippen molar-refractivity contribution in [2.45, 2.75) is 0 Å². The van der Waals surface area contributed by atoms with E-state index < -0.39 is 0 Å². The molecule has 4 aromatic heterocycles. The molecule has 0 fully saturated rings. The first-order valence-corrected chi connectivity index (χ1v) is 15.3. The largest absolute Gasteiger partial charge is 0.455 e. The summed E-state index contributed by atoms with van der Waals surface area (Å²) in [6, 6.07) is 43.9. The zero-order chi connectivity index (χ0) is 31.1. The van der Waals surface area contributed by atoms with Gasteiger partial charge in [-0.1, -0.05) is 84.9 Å². The Morgan fingerprint density at radius 1 is 0.511 bits per heavy atom. The Hall–Kier alpha value is -6.78. The van der Waals surface area contributed by atoms with Crippen LogP contribution in [0.25, 0.3) is 94.4 Å². The van der Waals surface area contributed by atoms with Gasteiger partial charge in [0.1, 0.15) is 22.3 Å². The van der Waals surface area contributed by atoms with Crippen molar-refractivity contribution in [3.05, 3.63) is 133 Å². The minimum Gasteiger partial charge on any atom is -0.455 e. The van der Waals surface area contributed by atoms with Crippen LogP contribution >= 0.6 is 0 Å². The van der Waals surface area contributed by atoms with Crippen LogP contribution in [0.2, 0.25) is 0 Å². The molecule has 218 valence electrons. The number of aromatic nitrogens is 4. The van der Waals surface area contributed by atoms with E-state index in [2.05, 4.69) is 34.9 Å². The Morgan fingerprint density at radius 2 is 1.09 bits per heavy atom. The summed E-state index contributed by atoms with van der Waals surface area (Å²) in [6.07, 6.45) is 0. The molecule has 10 rings (SSSR count). The highest BCUT2D eigenvalue weighted by Gasteiger charge is 2.27. The van der Waals surface area contributed by atoms with Crippen LogP contribution in [0.5, 0.6) is 0 Å². The molecular weight excluding hydrogens is 582 g/mol. The number of rotatable bonds is 3. The summed E-state index contributed by atoms with van der Waals surface area (Å²) < 4.78 is 15.5. The van der Waals surface area contributed by atoms with Crippen LogP contribution in [-0.2, 0) is 0 Å². The van der Waals surface area contributed by atoms with E-state index >= 15 is 0 Å². The Balaban J connectivity index is 1.42. The quantitative estimate of drug-likeness (QED) is 0.199. The molecule has 0 aliphatic heterocycles. The van der Waals surface area contributed by atoms with Crippen LogP contribution in [0.4, 0.5) is 0 Å². The van der Waals surface area contributed by atoms with E-state index in [1.807, 2.05) is 91.0 Å². The summed E-state index contributed by atoms with van der Waals surface area (Å²) in [6.45, 7) is 0. The van der Waals surface area contributed by atoms with Crippen molar-refractivity contribution in [3.8, 4) is 34.8 Å². The third-order valence-corrected chi connectivity index (χ3v) is 8.89. The van der Waals surface area contributed by atoms with Crippen molar-refractivity contribution in [1.82, 2.24) is 19.5 Å². The fourth-order valence-corrected chi connectivity index (χ4v) is 6.83. The molecule has 0 atom stereocenters. The van der Waals surface area contributed by atoms with Gasteiger partial charge >= 0.3 is 0 Å². The topological polar surface area (TPSA) is 93.7 Å². The maximum absolute atomic E-state index is 9.42. The van der Waals surface area contributed by atoms with Gasteiger partial charge in [-0.05, 0) is 42.5 Å². The van der Waals surface area contributed by atoms with Crippen molar-refractivity contribution in [2.24, 2.45) is 0 Å². The molecule has 0 saturated heterocycles. The van der Waals surface area contributed by atoms with Gasteiger partial charge in [0, 0.05) is 38.1 Å². The molecule has 0 N–H and O–H groups in total. The maximum atomic E-state index is 9.42. The molecule has 6 aromatic carbocycles. The number of nitriles is 1. The molecule has 0 amide bonds. The molecule has 10 aromatic rings. The first-order chi connectivity index (χ1) is 23.3. The molecular formula is C40H21N5O2. The molecule has 47 heavy (non-hydrogen) atoms. The molecule has 0 bridgehead atoms. The summed E-state index contributed by atoms with van der Waals surface area (Å²) in [7, 11) is 0. The standard InChI is InChI=1S/C40H21N5O2/c41-22-23-18-20-25(21-19-23)39-42-38(24-10-2-1-3-11-24)43-40(44-39)45-29-15-7-4-12-26(29)32-33-27-13-5-8-16-30(27)46-36(33)34-28-14-6-9-17-31(28)47-37(34)35(32)45/h1-21H. The van der Waals surface area contributed by atoms with Crippen LogP contribution in [0.15, 0.2) is 136 Å². The van der Waals surface area contributed by atoms with E-state index in [1.54, 1.807) is 12.1 Å². The van der Waals surface area contributed by atoms with E-state index in [0.717, 1.165) is 71.2 Å². The minimum absolute atomic E-state index is 0.457. The average molecular weight is 604 g/mol. The van der Waals surface area contributed by atoms with Gasteiger partial charge in [0.05, 0.1) is 22.5 Å². The SMILES string of the molecule is N#Cc1ccc(-c2nc(-c3ccccc3)nc(-n3c4ccccc4c4c5c6ccccc6oc5c5c6ccccc6oc5c43)n2)cc1. The molecule has 0 spiro atoms. The third-order valence-electron chi connectivity index (χ3n) is 8.89. The molecule has 0 saturated carbocycles. The number of nitrogens with zero attached hydrogens (tertiary/aromatic N) is 5. The summed E-state index contributed by atoms with van der Waals surface area (Å²) in [5, 5.41) is 15.4. The second kappa shape index (κ2) is 9.61. The van der Waals surface area contributed by atoms with Gasteiger partial charge in [-0.15, -0.1) is 0 Å². The van der Waals surface area contributed by atoms with E-state index in [1.165, 1.54) is 0 Å². The second-order valence-electron chi connectivity index (χ2n) is 11.5. The van der Waals surface area contributed by atoms with Crippen molar-refractivity contribution in [2.75, 3.05) is 0 Å². The zero-order valence-corrected chi connectivity index (χ0v) is 24.7. The summed E-state index contributed by atoms with van der Waals surface area (Å²) in [4.78, 5) is 15.2. The summed E-state index contributed by atoms with van der Waals surface area (Å²) >= 11 is 0. The predicted octanol–water partition coefficient (Wildman–Crippen LogP) is 9.97. The van der Waals surface area contributed by atoms with Gasteiger partial charge in [-0.3, -0.25) is 4.57 Å². The Kier molecular flexibility index (Phi) is 5.22. The lowest BCUT2D eigenvalue weighted by atomic mass is 10.0. The zero-order valence-electron chi connectivity index (χ0n) is 24.7. The summed E-state index contributed by atoms with van der Waals surface area (Å²) in [5.74, 6) is 1.50. The van der Waals surface area contributed by atoms with Crippen LogP contribution in [0, 0.1) is 11.3 Å². The monoisotopic (exact) mass is 603 g/mol. The molecule has 0 aliphatic rings. The van der Waals surface area contributed by atoms with Gasteiger partial charge < -0.3 is 8.83 Å². The molecule has 0 radical (unpaired) electrons. The third kappa shape index (κ3) is 3.64. The Morgan fingerprint density at radius 3 is 1.79 bits per heavy atom. The number of hydrogen-bond acceptors (Lipinski definition) is 6. The van der Waals surface area contributed by atoms with Gasteiger partial charge in [0.25, 0.3) is 0 Å². The van der Waals surface area contributed by atoms with Crippen molar-refractivity contribution >= 4 is 65.7 Å². The highest BCUT2D eigenvalue weighted by molar-refractivity contribution is 6.38. The number of para-hydroxylation sites is 3. The van der Waals surface area contributed by atoms with E-state index in [-0.39, 0.29) is 0 Å². The fourth-order valence-electron chi connectivity index (χ4n) is 6.83. The number of furan rings is 2. The van der Waals surface area contributed by atoms with E-state index in [4.69, 9.17) is 23.8 Å². The number of hydrogen-bond donors (Lipinski definition) is 0. The van der Waals surface area contributed by atoms with Crippen LogP contribution in [-0.4, -0.2) is 19.5 Å². The smallest absolute Gasteiger partial charge is 0.238 e. The maximum Gasteiger partial charge on any atom is 0.238 e. The van der Waals surface area contributed by atoms with Gasteiger partial charge in [-0.2, -0.15) is 15.2 Å². The number of fused-ring (bicyclic) bond motifs is 12. The molecule has 7 nitrogen and oxygen atoms in total. The summed E-state index contributed by atoms with van der Waals surface area (Å²) in [5.41, 5.74) is 7.07. The first-order valence-electron chi connectivity index (χ1n) is 15.3. The molecule has 7 heteroatoms. The van der Waals surface area contributed by atoms with Crippen molar-refractivity contribution in [3.63, 3.8) is 0 Å². The average Bonchev–Trinajstić information content (AvgIpc) is 3.81. The second-order valence-corrected chi connectivity index (χ2v) is 11.5. The highest BCUT2D eigenvalue weighted by Crippen LogP contribution is 2.48. The van der Waals surface area contributed by atoms with E-state index in [9.17, 15) is 5.26 Å². The van der Waals surface area contributed by atoms with Gasteiger partial charge in [0.15, 0.2) is 17.2 Å². The van der Waals surface area contributed by atoms with Crippen LogP contribution in [0.1, 0.15) is 5.56 Å². The predicted molar refractivity (Wildman–Crippen MR) is 184 cm³/mol. The molecule has 0 unspecified atom stereocenters. The van der Waals surface area contributed by atoms with Crippen molar-refractivity contribution in [1.29, 1.82) is 5.26 Å². The molecule has 0 aliphatic carbocycles. The minimum atomic E-state index is 0.457.